The molecule has 2 aromatic rings. The summed E-state index contributed by atoms with van der Waals surface area (Å²) in [4.78, 5) is 30.3. The summed E-state index contributed by atoms with van der Waals surface area (Å²) in [5.74, 6) is -0.136. The van der Waals surface area contributed by atoms with Crippen LogP contribution in [0, 0.1) is 11.8 Å². The predicted molar refractivity (Wildman–Crippen MR) is 102 cm³/mol. The van der Waals surface area contributed by atoms with Gasteiger partial charge in [-0.25, -0.2) is 4.98 Å². The highest BCUT2D eigenvalue weighted by Crippen LogP contribution is 2.35. The number of pyridine rings is 1. The molecular formula is C20H26N4O3. The fourth-order valence-electron chi connectivity index (χ4n) is 3.63. The number of aliphatic carboxylic acids is 1. The summed E-state index contributed by atoms with van der Waals surface area (Å²) < 4.78 is 1.82. The summed E-state index contributed by atoms with van der Waals surface area (Å²) >= 11 is 0. The third-order valence-corrected chi connectivity index (χ3v) is 5.13. The molecule has 0 bridgehead atoms. The summed E-state index contributed by atoms with van der Waals surface area (Å²) in [5.41, 5.74) is 0.708. The van der Waals surface area contributed by atoms with Gasteiger partial charge < -0.3 is 5.11 Å². The van der Waals surface area contributed by atoms with Gasteiger partial charge in [0.1, 0.15) is 5.82 Å². The Morgan fingerprint density at radius 3 is 2.56 bits per heavy atom. The highest BCUT2D eigenvalue weighted by molar-refractivity contribution is 6.00. The Balaban J connectivity index is 1.81. The lowest BCUT2D eigenvalue weighted by Crippen LogP contribution is -2.35. The first-order valence-electron chi connectivity index (χ1n) is 9.46. The average Bonchev–Trinajstić information content (AvgIpc) is 3.13. The summed E-state index contributed by atoms with van der Waals surface area (Å²) in [5, 5.41) is 13.3. The van der Waals surface area contributed by atoms with Crippen molar-refractivity contribution in [2.45, 2.75) is 52.0 Å². The second-order valence-electron chi connectivity index (χ2n) is 7.45. The van der Waals surface area contributed by atoms with E-state index in [1.165, 1.54) is 0 Å². The Hall–Kier alpha value is -2.70. The number of carbonyl (C=O) groups excluding carboxylic acids is 1. The fourth-order valence-corrected chi connectivity index (χ4v) is 3.63. The third-order valence-electron chi connectivity index (χ3n) is 5.13. The molecule has 7 heteroatoms. The highest BCUT2D eigenvalue weighted by Gasteiger charge is 2.32. The van der Waals surface area contributed by atoms with Crippen molar-refractivity contribution in [1.82, 2.24) is 14.8 Å². The number of hydrogen-bond donors (Lipinski definition) is 1. The van der Waals surface area contributed by atoms with Gasteiger partial charge in [0.2, 0.25) is 5.91 Å². The first-order valence-corrected chi connectivity index (χ1v) is 9.46. The predicted octanol–water partition coefficient (Wildman–Crippen LogP) is 3.80. The van der Waals surface area contributed by atoms with Crippen molar-refractivity contribution in [3.8, 4) is 0 Å². The largest absolute Gasteiger partial charge is 0.481 e. The molecule has 0 aliphatic heterocycles. The van der Waals surface area contributed by atoms with Gasteiger partial charge in [0.25, 0.3) is 0 Å². The maximum Gasteiger partial charge on any atom is 0.303 e. The quantitative estimate of drug-likeness (QED) is 0.835. The van der Waals surface area contributed by atoms with E-state index in [2.05, 4.69) is 10.1 Å². The molecule has 1 saturated carbocycles. The summed E-state index contributed by atoms with van der Waals surface area (Å²) in [7, 11) is 0. The van der Waals surface area contributed by atoms with E-state index in [0.29, 0.717) is 24.3 Å². The van der Waals surface area contributed by atoms with Crippen LogP contribution >= 0.6 is 0 Å². The van der Waals surface area contributed by atoms with Gasteiger partial charge in [-0.2, -0.15) is 5.10 Å². The molecule has 0 aromatic carbocycles. The molecule has 3 rings (SSSR count). The van der Waals surface area contributed by atoms with E-state index < -0.39 is 5.97 Å². The molecule has 1 N–H and O–H groups in total. The van der Waals surface area contributed by atoms with E-state index in [-0.39, 0.29) is 30.2 Å². The van der Waals surface area contributed by atoms with Gasteiger partial charge in [0.15, 0.2) is 0 Å². The molecule has 0 atom stereocenters. The lowest BCUT2D eigenvalue weighted by molar-refractivity contribution is -0.138. The molecule has 1 amide bonds. The molecule has 0 unspecified atom stereocenters. The van der Waals surface area contributed by atoms with Crippen LogP contribution in [0.3, 0.4) is 0 Å². The van der Waals surface area contributed by atoms with E-state index in [4.69, 9.17) is 5.11 Å². The van der Waals surface area contributed by atoms with Crippen LogP contribution in [0.2, 0.25) is 0 Å². The number of aromatic nitrogens is 3. The van der Waals surface area contributed by atoms with Crippen LogP contribution in [-0.4, -0.2) is 31.7 Å². The van der Waals surface area contributed by atoms with Crippen molar-refractivity contribution in [3.63, 3.8) is 0 Å². The van der Waals surface area contributed by atoms with E-state index >= 15 is 0 Å². The minimum atomic E-state index is -0.763. The SMILES string of the molecule is CC(C)n1cc(N(C(=O)C2CCC(CC(=O)O)CC2)c2ccccn2)cn1. The van der Waals surface area contributed by atoms with Crippen molar-refractivity contribution >= 4 is 23.4 Å². The van der Waals surface area contributed by atoms with E-state index in [0.717, 1.165) is 12.8 Å². The standard InChI is InChI=1S/C20H26N4O3/c1-14(2)23-13-17(12-22-23)24(18-5-3-4-10-21-18)20(27)16-8-6-15(7-9-16)11-19(25)26/h3-5,10,12-16H,6-9,11H2,1-2H3,(H,25,26). The van der Waals surface area contributed by atoms with Gasteiger partial charge in [-0.05, 0) is 57.6 Å². The number of amides is 1. The Morgan fingerprint density at radius 1 is 1.26 bits per heavy atom. The van der Waals surface area contributed by atoms with Crippen LogP contribution in [0.25, 0.3) is 0 Å². The van der Waals surface area contributed by atoms with Crippen LogP contribution in [0.5, 0.6) is 0 Å². The summed E-state index contributed by atoms with van der Waals surface area (Å²) in [6.07, 6.45) is 8.37. The van der Waals surface area contributed by atoms with Gasteiger partial charge in [0, 0.05) is 30.8 Å². The topological polar surface area (TPSA) is 88.3 Å². The van der Waals surface area contributed by atoms with Crippen molar-refractivity contribution in [3.05, 3.63) is 36.8 Å². The lowest BCUT2D eigenvalue weighted by atomic mass is 9.80. The molecule has 2 aromatic heterocycles. The monoisotopic (exact) mass is 370 g/mol. The molecular weight excluding hydrogens is 344 g/mol. The number of nitrogens with zero attached hydrogens (tertiary/aromatic N) is 4. The first kappa shape index (κ1) is 19.1. The van der Waals surface area contributed by atoms with E-state index in [9.17, 15) is 9.59 Å². The zero-order valence-corrected chi connectivity index (χ0v) is 15.8. The van der Waals surface area contributed by atoms with Crippen molar-refractivity contribution in [1.29, 1.82) is 0 Å². The van der Waals surface area contributed by atoms with Gasteiger partial charge in [-0.1, -0.05) is 6.07 Å². The number of carboxylic acids is 1. The van der Waals surface area contributed by atoms with E-state index in [1.54, 1.807) is 17.3 Å². The third kappa shape index (κ3) is 4.53. The number of carboxylic acid groups (broad SMARTS) is 1. The van der Waals surface area contributed by atoms with Crippen LogP contribution < -0.4 is 4.90 Å². The lowest BCUT2D eigenvalue weighted by Gasteiger charge is -2.30. The minimum absolute atomic E-state index is 0.00535. The molecule has 0 radical (unpaired) electrons. The molecule has 0 saturated heterocycles. The second-order valence-corrected chi connectivity index (χ2v) is 7.45. The molecule has 2 heterocycles. The average molecular weight is 370 g/mol. The Labute approximate surface area is 159 Å². The smallest absolute Gasteiger partial charge is 0.303 e. The minimum Gasteiger partial charge on any atom is -0.481 e. The number of anilines is 2. The van der Waals surface area contributed by atoms with Crippen molar-refractivity contribution < 1.29 is 14.7 Å². The Bertz CT molecular complexity index is 780. The number of carbonyl (C=O) groups is 2. The van der Waals surface area contributed by atoms with Crippen molar-refractivity contribution in [2.24, 2.45) is 11.8 Å². The first-order chi connectivity index (χ1) is 13.0. The molecule has 7 nitrogen and oxygen atoms in total. The van der Waals surface area contributed by atoms with E-state index in [1.807, 2.05) is 42.9 Å². The van der Waals surface area contributed by atoms with Gasteiger partial charge in [-0.15, -0.1) is 0 Å². The van der Waals surface area contributed by atoms with Gasteiger partial charge in [-0.3, -0.25) is 19.2 Å². The van der Waals surface area contributed by atoms with Gasteiger partial charge >= 0.3 is 5.97 Å². The summed E-state index contributed by atoms with van der Waals surface area (Å²) in [6, 6.07) is 5.70. The molecule has 1 aliphatic carbocycles. The zero-order chi connectivity index (χ0) is 19.4. The Morgan fingerprint density at radius 2 is 2.00 bits per heavy atom. The molecule has 27 heavy (non-hydrogen) atoms. The zero-order valence-electron chi connectivity index (χ0n) is 15.8. The Kier molecular flexibility index (Phi) is 5.88. The summed E-state index contributed by atoms with van der Waals surface area (Å²) in [6.45, 7) is 4.07. The fraction of sp³-hybridized carbons (Fsp3) is 0.500. The molecule has 1 fully saturated rings. The van der Waals surface area contributed by atoms with Crippen molar-refractivity contribution in [2.75, 3.05) is 4.90 Å². The normalized spacial score (nSPS) is 19.8. The highest BCUT2D eigenvalue weighted by atomic mass is 16.4. The molecule has 144 valence electrons. The molecule has 1 aliphatic rings. The van der Waals surface area contributed by atoms with Crippen LogP contribution in [0.15, 0.2) is 36.8 Å². The van der Waals surface area contributed by atoms with Gasteiger partial charge in [0.05, 0.1) is 11.9 Å². The number of rotatable bonds is 6. The number of hydrogen-bond acceptors (Lipinski definition) is 4. The maximum atomic E-state index is 13.3. The molecule has 0 spiro atoms. The van der Waals surface area contributed by atoms with Crippen LogP contribution in [0.1, 0.15) is 52.0 Å². The van der Waals surface area contributed by atoms with Crippen LogP contribution in [-0.2, 0) is 9.59 Å². The van der Waals surface area contributed by atoms with Crippen LogP contribution in [0.4, 0.5) is 11.5 Å². The second kappa shape index (κ2) is 8.33. The maximum absolute atomic E-state index is 13.3.